The molecule has 0 amide bonds. The van der Waals surface area contributed by atoms with Gasteiger partial charge >= 0.3 is 0 Å². The van der Waals surface area contributed by atoms with Crippen LogP contribution < -0.4 is 0 Å². The van der Waals surface area contributed by atoms with E-state index in [0.717, 1.165) is 6.42 Å². The molecule has 0 N–H and O–H groups in total. The number of ketones is 1. The lowest BCUT2D eigenvalue weighted by molar-refractivity contribution is -0.120. The van der Waals surface area contributed by atoms with E-state index < -0.39 is 0 Å². The van der Waals surface area contributed by atoms with Gasteiger partial charge in [0.2, 0.25) is 0 Å². The van der Waals surface area contributed by atoms with Gasteiger partial charge in [-0.05, 0) is 19.3 Å². The number of carbonyl (C=O) groups excluding carboxylic acids is 1. The highest BCUT2D eigenvalue weighted by Gasteiger charge is 2.29. The van der Waals surface area contributed by atoms with Gasteiger partial charge in [0.05, 0.1) is 0 Å². The summed E-state index contributed by atoms with van der Waals surface area (Å²) in [6.07, 6.45) is 1.39. The van der Waals surface area contributed by atoms with E-state index in [0.29, 0.717) is 12.2 Å². The summed E-state index contributed by atoms with van der Waals surface area (Å²) in [5, 5.41) is 0. The third kappa shape index (κ3) is 1.52. The number of Topliss-reactive ketones (excluding diaryl/α,β-unsaturated/α-hetero) is 1. The van der Waals surface area contributed by atoms with E-state index in [-0.39, 0.29) is 5.41 Å². The Morgan fingerprint density at radius 2 is 1.82 bits per heavy atom. The van der Waals surface area contributed by atoms with Crippen LogP contribution in [0.3, 0.4) is 0 Å². The number of rotatable bonds is 0. The van der Waals surface area contributed by atoms with Gasteiger partial charge in [-0.25, -0.2) is 0 Å². The van der Waals surface area contributed by atoms with Gasteiger partial charge in [0, 0.05) is 12.8 Å². The lowest BCUT2D eigenvalue weighted by atomic mass is 9.73. The highest BCUT2D eigenvalue weighted by molar-refractivity contribution is 5.83. The fraction of sp³-hybridized carbons (Fsp3) is 0.700. The number of carbonyl (C=O) groups is 1. The van der Waals surface area contributed by atoms with Crippen molar-refractivity contribution in [2.75, 3.05) is 0 Å². The predicted molar refractivity (Wildman–Crippen MR) is 46.4 cm³/mol. The molecule has 0 radical (unpaired) electrons. The van der Waals surface area contributed by atoms with Crippen LogP contribution in [0.4, 0.5) is 0 Å². The summed E-state index contributed by atoms with van der Waals surface area (Å²) >= 11 is 0. The van der Waals surface area contributed by atoms with Crippen molar-refractivity contribution < 1.29 is 4.79 Å². The maximum atomic E-state index is 11.2. The Balaban J connectivity index is 3.02. The number of allylic oxidation sites excluding steroid dienone is 2. The van der Waals surface area contributed by atoms with Gasteiger partial charge in [0.25, 0.3) is 0 Å². The molecule has 1 rings (SSSR count). The number of hydrogen-bond donors (Lipinski definition) is 0. The van der Waals surface area contributed by atoms with E-state index in [1.54, 1.807) is 0 Å². The Morgan fingerprint density at radius 3 is 2.27 bits per heavy atom. The van der Waals surface area contributed by atoms with Crippen LogP contribution in [0.5, 0.6) is 0 Å². The van der Waals surface area contributed by atoms with E-state index in [1.165, 1.54) is 11.1 Å². The first-order valence-electron chi connectivity index (χ1n) is 4.12. The maximum absolute atomic E-state index is 11.2. The Hall–Kier alpha value is -0.590. The molecule has 0 spiro atoms. The standard InChI is InChI=1S/C10H16O/c1-7-5-9(11)6-10(3,4)8(7)2/h5-6H2,1-4H3. The molecule has 0 bridgehead atoms. The van der Waals surface area contributed by atoms with E-state index >= 15 is 0 Å². The smallest absolute Gasteiger partial charge is 0.137 e. The van der Waals surface area contributed by atoms with Crippen LogP contribution >= 0.6 is 0 Å². The van der Waals surface area contributed by atoms with Crippen LogP contribution in [-0.2, 0) is 4.79 Å². The molecule has 1 nitrogen and oxygen atoms in total. The third-order valence-electron chi connectivity index (χ3n) is 2.76. The minimum Gasteiger partial charge on any atom is -0.299 e. The van der Waals surface area contributed by atoms with Crippen molar-refractivity contribution in [2.24, 2.45) is 5.41 Å². The minimum absolute atomic E-state index is 0.111. The summed E-state index contributed by atoms with van der Waals surface area (Å²) in [6.45, 7) is 8.49. The van der Waals surface area contributed by atoms with E-state index in [4.69, 9.17) is 0 Å². The fourth-order valence-corrected chi connectivity index (χ4v) is 1.69. The Bertz CT molecular complexity index is 221. The van der Waals surface area contributed by atoms with Crippen LogP contribution in [0.15, 0.2) is 11.1 Å². The maximum Gasteiger partial charge on any atom is 0.137 e. The molecule has 0 aromatic heterocycles. The molecule has 0 saturated carbocycles. The minimum atomic E-state index is 0.111. The summed E-state index contributed by atoms with van der Waals surface area (Å²) in [4.78, 5) is 11.2. The average molecular weight is 152 g/mol. The Kier molecular flexibility index (Phi) is 1.91. The molecule has 62 valence electrons. The van der Waals surface area contributed by atoms with Crippen molar-refractivity contribution >= 4 is 5.78 Å². The SMILES string of the molecule is CC1=C(C)C(C)(C)CC(=O)C1. The zero-order chi connectivity index (χ0) is 8.65. The zero-order valence-corrected chi connectivity index (χ0v) is 7.82. The van der Waals surface area contributed by atoms with Crippen molar-refractivity contribution in [3.63, 3.8) is 0 Å². The second-order valence-corrected chi connectivity index (χ2v) is 4.18. The van der Waals surface area contributed by atoms with Gasteiger partial charge in [-0.2, -0.15) is 0 Å². The van der Waals surface area contributed by atoms with Gasteiger partial charge in [-0.3, -0.25) is 4.79 Å². The molecule has 1 aliphatic rings. The molecule has 0 unspecified atom stereocenters. The Morgan fingerprint density at radius 1 is 1.27 bits per heavy atom. The van der Waals surface area contributed by atoms with Crippen molar-refractivity contribution in [1.82, 2.24) is 0 Å². The highest BCUT2D eigenvalue weighted by atomic mass is 16.1. The second kappa shape index (κ2) is 2.47. The molecule has 0 aromatic carbocycles. The molecule has 1 aliphatic carbocycles. The quantitative estimate of drug-likeness (QED) is 0.488. The van der Waals surface area contributed by atoms with Crippen LogP contribution in [0.2, 0.25) is 0 Å². The van der Waals surface area contributed by atoms with Crippen molar-refractivity contribution in [2.45, 2.75) is 40.5 Å². The van der Waals surface area contributed by atoms with Gasteiger partial charge in [-0.15, -0.1) is 0 Å². The highest BCUT2D eigenvalue weighted by Crippen LogP contribution is 2.37. The topological polar surface area (TPSA) is 17.1 Å². The summed E-state index contributed by atoms with van der Waals surface area (Å²) in [5.41, 5.74) is 2.78. The molecule has 0 fully saturated rings. The normalized spacial score (nSPS) is 24.2. The largest absolute Gasteiger partial charge is 0.299 e. The predicted octanol–water partition coefficient (Wildman–Crippen LogP) is 2.71. The van der Waals surface area contributed by atoms with Gasteiger partial charge in [0.15, 0.2) is 0 Å². The van der Waals surface area contributed by atoms with E-state index in [2.05, 4.69) is 27.7 Å². The van der Waals surface area contributed by atoms with Crippen LogP contribution in [0.25, 0.3) is 0 Å². The molecule has 1 heteroatoms. The summed E-state index contributed by atoms with van der Waals surface area (Å²) in [7, 11) is 0. The van der Waals surface area contributed by atoms with E-state index in [1.807, 2.05) is 0 Å². The fourth-order valence-electron chi connectivity index (χ4n) is 1.69. The molecular formula is C10H16O. The van der Waals surface area contributed by atoms with Crippen molar-refractivity contribution in [3.8, 4) is 0 Å². The molecule has 0 aromatic rings. The van der Waals surface area contributed by atoms with Gasteiger partial charge in [-0.1, -0.05) is 25.0 Å². The van der Waals surface area contributed by atoms with Crippen LogP contribution in [0.1, 0.15) is 40.5 Å². The lowest BCUT2D eigenvalue weighted by Gasteiger charge is -2.31. The zero-order valence-electron chi connectivity index (χ0n) is 7.82. The second-order valence-electron chi connectivity index (χ2n) is 4.18. The molecule has 0 saturated heterocycles. The van der Waals surface area contributed by atoms with Gasteiger partial charge in [0.1, 0.15) is 5.78 Å². The molecule has 11 heavy (non-hydrogen) atoms. The van der Waals surface area contributed by atoms with Gasteiger partial charge < -0.3 is 0 Å². The molecule has 0 atom stereocenters. The summed E-state index contributed by atoms with van der Waals surface area (Å²) in [5.74, 6) is 0.387. The lowest BCUT2D eigenvalue weighted by Crippen LogP contribution is -2.24. The van der Waals surface area contributed by atoms with Crippen LogP contribution in [-0.4, -0.2) is 5.78 Å². The van der Waals surface area contributed by atoms with E-state index in [9.17, 15) is 4.79 Å². The Labute approximate surface area is 68.5 Å². The third-order valence-corrected chi connectivity index (χ3v) is 2.76. The first kappa shape index (κ1) is 8.51. The molecule has 0 heterocycles. The number of hydrogen-bond acceptors (Lipinski definition) is 1. The summed E-state index contributed by atoms with van der Waals surface area (Å²) in [6, 6.07) is 0. The van der Waals surface area contributed by atoms with Crippen LogP contribution in [0, 0.1) is 5.41 Å². The first-order chi connectivity index (χ1) is 4.93. The monoisotopic (exact) mass is 152 g/mol. The molecule has 0 aliphatic heterocycles. The summed E-state index contributed by atoms with van der Waals surface area (Å²) < 4.78 is 0. The molecular weight excluding hydrogens is 136 g/mol. The average Bonchev–Trinajstić information content (AvgIpc) is 1.81. The van der Waals surface area contributed by atoms with Crippen molar-refractivity contribution in [1.29, 1.82) is 0 Å². The van der Waals surface area contributed by atoms with Crippen molar-refractivity contribution in [3.05, 3.63) is 11.1 Å². The first-order valence-corrected chi connectivity index (χ1v) is 4.12.